The first kappa shape index (κ1) is 19.0. The highest BCUT2D eigenvalue weighted by Crippen LogP contribution is 2.51. The first-order valence-corrected chi connectivity index (χ1v) is 9.24. The molecule has 1 amide bonds. The van der Waals surface area contributed by atoms with Gasteiger partial charge in [0.15, 0.2) is 0 Å². The number of nitrogens with one attached hydrogen (secondary N) is 1. The van der Waals surface area contributed by atoms with E-state index in [1.54, 1.807) is 12.1 Å². The molecule has 0 spiro atoms. The Labute approximate surface area is 151 Å². The van der Waals surface area contributed by atoms with E-state index in [0.29, 0.717) is 24.4 Å². The number of rotatable bonds is 6. The molecule has 2 aliphatic carbocycles. The van der Waals surface area contributed by atoms with Gasteiger partial charge in [0, 0.05) is 18.5 Å². The summed E-state index contributed by atoms with van der Waals surface area (Å²) in [6.07, 6.45) is 1.47. The van der Waals surface area contributed by atoms with E-state index in [1.807, 2.05) is 0 Å². The van der Waals surface area contributed by atoms with Crippen LogP contribution in [0.1, 0.15) is 50.0 Å². The van der Waals surface area contributed by atoms with Gasteiger partial charge >= 0.3 is 6.36 Å². The molecule has 2 aliphatic rings. The minimum absolute atomic E-state index is 0.0503. The van der Waals surface area contributed by atoms with E-state index in [0.717, 1.165) is 25.7 Å². The number of carbonyl (C=O) groups excluding carboxylic acids is 1. The smallest absolute Gasteiger partial charge is 0.405 e. The lowest BCUT2D eigenvalue weighted by atomic mass is 9.84. The number of hydrogen-bond donors (Lipinski definition) is 2. The van der Waals surface area contributed by atoms with E-state index in [-0.39, 0.29) is 29.5 Å². The molecule has 2 fully saturated rings. The van der Waals surface area contributed by atoms with E-state index in [2.05, 4.69) is 10.1 Å². The van der Waals surface area contributed by atoms with Crippen LogP contribution in [0.4, 0.5) is 13.2 Å². The molecule has 3 N–H and O–H groups in total. The average molecular weight is 370 g/mol. The first-order chi connectivity index (χ1) is 12.4. The van der Waals surface area contributed by atoms with Crippen LogP contribution < -0.4 is 15.8 Å². The lowest BCUT2D eigenvalue weighted by Crippen LogP contribution is -2.46. The maximum absolute atomic E-state index is 12.6. The van der Waals surface area contributed by atoms with Gasteiger partial charge in [0.25, 0.3) is 0 Å². The second-order valence-corrected chi connectivity index (χ2v) is 7.28. The summed E-state index contributed by atoms with van der Waals surface area (Å²) in [7, 11) is 0. The second-order valence-electron chi connectivity index (χ2n) is 7.28. The van der Waals surface area contributed by atoms with Crippen LogP contribution in [0.25, 0.3) is 0 Å². The number of benzene rings is 1. The quantitative estimate of drug-likeness (QED) is 0.802. The summed E-state index contributed by atoms with van der Waals surface area (Å²) < 4.78 is 41.8. The molecule has 3 unspecified atom stereocenters. The predicted molar refractivity (Wildman–Crippen MR) is 91.5 cm³/mol. The maximum Gasteiger partial charge on any atom is 0.573 e. The van der Waals surface area contributed by atoms with Gasteiger partial charge in [-0.25, -0.2) is 0 Å². The largest absolute Gasteiger partial charge is 0.573 e. The fourth-order valence-electron chi connectivity index (χ4n) is 4.03. The summed E-state index contributed by atoms with van der Waals surface area (Å²) in [5, 5.41) is 3.04. The number of alkyl halides is 3. The second kappa shape index (κ2) is 7.86. The zero-order valence-corrected chi connectivity index (χ0v) is 14.6. The van der Waals surface area contributed by atoms with Gasteiger partial charge < -0.3 is 15.8 Å². The molecule has 1 aromatic rings. The summed E-state index contributed by atoms with van der Waals surface area (Å²) in [5.41, 5.74) is 6.29. The Balaban J connectivity index is 1.62. The summed E-state index contributed by atoms with van der Waals surface area (Å²) in [6.45, 7) is 0.390. The van der Waals surface area contributed by atoms with Crippen LogP contribution in [0.15, 0.2) is 24.3 Å². The predicted octanol–water partition coefficient (Wildman–Crippen LogP) is 3.71. The zero-order valence-electron chi connectivity index (χ0n) is 14.6. The van der Waals surface area contributed by atoms with Crippen molar-refractivity contribution in [2.24, 2.45) is 17.6 Å². The van der Waals surface area contributed by atoms with Gasteiger partial charge in [-0.05, 0) is 42.7 Å². The molecule has 144 valence electrons. The number of halogens is 3. The van der Waals surface area contributed by atoms with Crippen LogP contribution in [0.5, 0.6) is 5.75 Å². The Morgan fingerprint density at radius 2 is 1.92 bits per heavy atom. The molecule has 0 saturated heterocycles. The van der Waals surface area contributed by atoms with Crippen LogP contribution in [0.3, 0.4) is 0 Å². The number of amides is 1. The summed E-state index contributed by atoms with van der Waals surface area (Å²) in [6, 6.07) is 6.00. The SMILES string of the molecule is NCC(NC(=O)C1CC1c1ccccc1OC(F)(F)F)C1CCCCC1. The molecule has 0 aliphatic heterocycles. The Kier molecular flexibility index (Phi) is 5.75. The summed E-state index contributed by atoms with van der Waals surface area (Å²) >= 11 is 0. The molecule has 0 radical (unpaired) electrons. The number of hydrogen-bond acceptors (Lipinski definition) is 3. The van der Waals surface area contributed by atoms with E-state index < -0.39 is 6.36 Å². The number of nitrogens with two attached hydrogens (primary N) is 1. The van der Waals surface area contributed by atoms with Crippen molar-refractivity contribution < 1.29 is 22.7 Å². The Bertz CT molecular complexity index is 629. The number of carbonyl (C=O) groups is 1. The van der Waals surface area contributed by atoms with Gasteiger partial charge in [-0.1, -0.05) is 37.5 Å². The summed E-state index contributed by atoms with van der Waals surface area (Å²) in [5.74, 6) is -0.486. The van der Waals surface area contributed by atoms with Crippen LogP contribution in [-0.4, -0.2) is 24.9 Å². The summed E-state index contributed by atoms with van der Waals surface area (Å²) in [4.78, 5) is 12.6. The van der Waals surface area contributed by atoms with Crippen molar-refractivity contribution in [3.63, 3.8) is 0 Å². The van der Waals surface area contributed by atoms with Crippen molar-refractivity contribution in [3.8, 4) is 5.75 Å². The Morgan fingerprint density at radius 3 is 2.58 bits per heavy atom. The number of para-hydroxylation sites is 1. The lowest BCUT2D eigenvalue weighted by molar-refractivity contribution is -0.274. The molecule has 3 atom stereocenters. The molecule has 0 aromatic heterocycles. The molecule has 3 rings (SSSR count). The van der Waals surface area contributed by atoms with E-state index in [9.17, 15) is 18.0 Å². The van der Waals surface area contributed by atoms with Crippen LogP contribution in [-0.2, 0) is 4.79 Å². The minimum Gasteiger partial charge on any atom is -0.405 e. The van der Waals surface area contributed by atoms with E-state index in [1.165, 1.54) is 18.6 Å². The van der Waals surface area contributed by atoms with Gasteiger partial charge in [0.2, 0.25) is 5.91 Å². The van der Waals surface area contributed by atoms with E-state index in [4.69, 9.17) is 5.73 Å². The average Bonchev–Trinajstić information content (AvgIpc) is 3.40. The number of ether oxygens (including phenoxy) is 1. The van der Waals surface area contributed by atoms with Gasteiger partial charge in [0.1, 0.15) is 5.75 Å². The van der Waals surface area contributed by atoms with Gasteiger partial charge in [-0.3, -0.25) is 4.79 Å². The first-order valence-electron chi connectivity index (χ1n) is 9.24. The van der Waals surface area contributed by atoms with Crippen LogP contribution in [0.2, 0.25) is 0 Å². The third-order valence-electron chi connectivity index (χ3n) is 5.47. The minimum atomic E-state index is -4.74. The fraction of sp³-hybridized carbons (Fsp3) is 0.632. The Morgan fingerprint density at radius 1 is 1.23 bits per heavy atom. The Hall–Kier alpha value is -1.76. The molecule has 2 saturated carbocycles. The molecule has 1 aromatic carbocycles. The molecule has 0 bridgehead atoms. The highest BCUT2D eigenvalue weighted by Gasteiger charge is 2.47. The van der Waals surface area contributed by atoms with Crippen molar-refractivity contribution in [1.29, 1.82) is 0 Å². The molecule has 7 heteroatoms. The highest BCUT2D eigenvalue weighted by molar-refractivity contribution is 5.83. The van der Waals surface area contributed by atoms with E-state index >= 15 is 0 Å². The van der Waals surface area contributed by atoms with Crippen molar-refractivity contribution in [1.82, 2.24) is 5.32 Å². The van der Waals surface area contributed by atoms with Gasteiger partial charge in [-0.2, -0.15) is 0 Å². The third kappa shape index (κ3) is 4.69. The normalized spacial score (nSPS) is 24.8. The molecule has 0 heterocycles. The molecular weight excluding hydrogens is 345 g/mol. The fourth-order valence-corrected chi connectivity index (χ4v) is 4.03. The highest BCUT2D eigenvalue weighted by atomic mass is 19.4. The van der Waals surface area contributed by atoms with Crippen LogP contribution in [0, 0.1) is 11.8 Å². The van der Waals surface area contributed by atoms with Crippen LogP contribution >= 0.6 is 0 Å². The lowest BCUT2D eigenvalue weighted by Gasteiger charge is -2.30. The van der Waals surface area contributed by atoms with Crippen molar-refractivity contribution in [2.45, 2.75) is 56.8 Å². The monoisotopic (exact) mass is 370 g/mol. The topological polar surface area (TPSA) is 64.3 Å². The van der Waals surface area contributed by atoms with Crippen molar-refractivity contribution in [2.75, 3.05) is 6.54 Å². The maximum atomic E-state index is 12.6. The standard InChI is InChI=1S/C19H25F3N2O2/c20-19(21,22)26-17-9-5-4-8-13(17)14-10-15(14)18(25)24-16(11-23)12-6-2-1-3-7-12/h4-5,8-9,12,14-16H,1-3,6-7,10-11,23H2,(H,24,25). The molecule has 26 heavy (non-hydrogen) atoms. The van der Waals surface area contributed by atoms with Crippen molar-refractivity contribution >= 4 is 5.91 Å². The zero-order chi connectivity index (χ0) is 18.7. The molecule has 4 nitrogen and oxygen atoms in total. The molecular formula is C19H25F3N2O2. The van der Waals surface area contributed by atoms with Crippen molar-refractivity contribution in [3.05, 3.63) is 29.8 Å². The van der Waals surface area contributed by atoms with Gasteiger partial charge in [-0.15, -0.1) is 13.2 Å². The third-order valence-corrected chi connectivity index (χ3v) is 5.47. The van der Waals surface area contributed by atoms with Gasteiger partial charge in [0.05, 0.1) is 0 Å².